The standard InChI is InChI=1S/C25H21BrS/c26-20-21-16-18-25(19-17-21)27(22-10-4-1-5-11-22,23-12-6-2-7-13-23)24-14-8-3-9-15-24/h1-19H,20H2. The minimum absolute atomic E-state index is 0.873. The molecule has 0 amide bonds. The van der Waals surface area contributed by atoms with Gasteiger partial charge in [-0.2, -0.15) is 0 Å². The summed E-state index contributed by atoms with van der Waals surface area (Å²) in [6, 6.07) is 41.9. The van der Waals surface area contributed by atoms with E-state index in [0.29, 0.717) is 0 Å². The molecule has 0 bridgehead atoms. The van der Waals surface area contributed by atoms with Crippen molar-refractivity contribution in [1.29, 1.82) is 0 Å². The Morgan fingerprint density at radius 3 is 1.11 bits per heavy atom. The van der Waals surface area contributed by atoms with Crippen LogP contribution in [0.2, 0.25) is 0 Å². The van der Waals surface area contributed by atoms with Gasteiger partial charge >= 0.3 is 0 Å². The molecular formula is C25H21BrS. The lowest BCUT2D eigenvalue weighted by Crippen LogP contribution is -2.05. The zero-order valence-electron chi connectivity index (χ0n) is 15.0. The third-order valence-electron chi connectivity index (χ3n) is 4.72. The Kier molecular flexibility index (Phi) is 5.47. The summed E-state index contributed by atoms with van der Waals surface area (Å²) in [7, 11) is -1.55. The Labute approximate surface area is 171 Å². The SMILES string of the molecule is BrCc1ccc(S(c2ccccc2)(c2ccccc2)c2ccccc2)cc1. The summed E-state index contributed by atoms with van der Waals surface area (Å²) in [6.45, 7) is 0. The van der Waals surface area contributed by atoms with E-state index in [-0.39, 0.29) is 0 Å². The molecule has 0 atom stereocenters. The van der Waals surface area contributed by atoms with Gasteiger partial charge in [-0.3, -0.25) is 0 Å². The molecule has 0 saturated carbocycles. The van der Waals surface area contributed by atoms with Crippen molar-refractivity contribution in [2.75, 3.05) is 0 Å². The molecule has 0 spiro atoms. The number of benzene rings is 4. The van der Waals surface area contributed by atoms with Crippen LogP contribution in [0, 0.1) is 0 Å². The number of rotatable bonds is 5. The molecule has 0 aromatic heterocycles. The van der Waals surface area contributed by atoms with Crippen molar-refractivity contribution in [3.05, 3.63) is 121 Å². The molecule has 0 aliphatic carbocycles. The molecule has 0 aliphatic rings. The van der Waals surface area contributed by atoms with Gasteiger partial charge in [0.2, 0.25) is 0 Å². The Morgan fingerprint density at radius 2 is 0.778 bits per heavy atom. The van der Waals surface area contributed by atoms with Crippen LogP contribution in [0.4, 0.5) is 0 Å². The number of halogens is 1. The van der Waals surface area contributed by atoms with E-state index in [1.54, 1.807) is 0 Å². The topological polar surface area (TPSA) is 0 Å². The molecule has 0 fully saturated rings. The first-order valence-electron chi connectivity index (χ1n) is 8.99. The molecule has 0 unspecified atom stereocenters. The molecule has 2 heteroatoms. The van der Waals surface area contributed by atoms with Gasteiger partial charge in [0.15, 0.2) is 0 Å². The molecule has 0 saturated heterocycles. The van der Waals surface area contributed by atoms with Gasteiger partial charge in [-0.15, -0.1) is 10.0 Å². The fraction of sp³-hybridized carbons (Fsp3) is 0.0400. The van der Waals surface area contributed by atoms with Gasteiger partial charge in [0.05, 0.1) is 0 Å². The van der Waals surface area contributed by atoms with Crippen molar-refractivity contribution >= 4 is 26.0 Å². The third-order valence-corrected chi connectivity index (χ3v) is 9.29. The second kappa shape index (κ2) is 8.16. The third kappa shape index (κ3) is 3.36. The lowest BCUT2D eigenvalue weighted by atomic mass is 10.2. The van der Waals surface area contributed by atoms with Gasteiger partial charge in [0, 0.05) is 24.9 Å². The lowest BCUT2D eigenvalue weighted by molar-refractivity contribution is 1.23. The summed E-state index contributed by atoms with van der Waals surface area (Å²) >= 11 is 3.57. The molecule has 0 N–H and O–H groups in total. The molecule has 0 radical (unpaired) electrons. The summed E-state index contributed by atoms with van der Waals surface area (Å²) in [4.78, 5) is 5.42. The number of hydrogen-bond acceptors (Lipinski definition) is 0. The van der Waals surface area contributed by atoms with Gasteiger partial charge < -0.3 is 0 Å². The first kappa shape index (κ1) is 18.1. The van der Waals surface area contributed by atoms with Crippen LogP contribution >= 0.6 is 26.0 Å². The number of hydrogen-bond donors (Lipinski definition) is 0. The molecule has 4 aromatic carbocycles. The minimum Gasteiger partial charge on any atom is -0.133 e. The van der Waals surface area contributed by atoms with E-state index >= 15 is 0 Å². The van der Waals surface area contributed by atoms with Crippen molar-refractivity contribution in [2.45, 2.75) is 24.9 Å². The lowest BCUT2D eigenvalue weighted by Gasteiger charge is -2.42. The first-order chi connectivity index (χ1) is 13.4. The normalized spacial score (nSPS) is 11.9. The van der Waals surface area contributed by atoms with Crippen LogP contribution in [-0.4, -0.2) is 0 Å². The maximum absolute atomic E-state index is 3.57. The summed E-state index contributed by atoms with van der Waals surface area (Å²) < 4.78 is 0. The summed E-state index contributed by atoms with van der Waals surface area (Å²) in [5, 5.41) is 0.873. The van der Waals surface area contributed by atoms with E-state index in [9.17, 15) is 0 Å². The Hall–Kier alpha value is -2.29. The van der Waals surface area contributed by atoms with Crippen molar-refractivity contribution in [3.8, 4) is 0 Å². The molecule has 134 valence electrons. The average molecular weight is 433 g/mol. The van der Waals surface area contributed by atoms with Crippen molar-refractivity contribution in [3.63, 3.8) is 0 Å². The first-order valence-corrected chi connectivity index (χ1v) is 11.7. The highest BCUT2D eigenvalue weighted by Gasteiger charge is 2.32. The van der Waals surface area contributed by atoms with E-state index < -0.39 is 10.0 Å². The zero-order chi connectivity index (χ0) is 18.5. The molecule has 27 heavy (non-hydrogen) atoms. The van der Waals surface area contributed by atoms with Gasteiger partial charge in [-0.05, 0) is 54.1 Å². The van der Waals surface area contributed by atoms with Crippen molar-refractivity contribution in [1.82, 2.24) is 0 Å². The second-order valence-electron chi connectivity index (χ2n) is 6.33. The monoisotopic (exact) mass is 432 g/mol. The van der Waals surface area contributed by atoms with Gasteiger partial charge in [-0.1, -0.05) is 82.7 Å². The van der Waals surface area contributed by atoms with Crippen LogP contribution in [0.15, 0.2) is 135 Å². The largest absolute Gasteiger partial charge is 0.133 e. The second-order valence-corrected chi connectivity index (χ2v) is 10.0. The predicted octanol–water partition coefficient (Wildman–Crippen LogP) is 7.92. The smallest absolute Gasteiger partial charge is 0.0283 e. The highest BCUT2D eigenvalue weighted by Crippen LogP contribution is 2.73. The molecule has 0 heterocycles. The van der Waals surface area contributed by atoms with E-state index in [4.69, 9.17) is 0 Å². The number of alkyl halides is 1. The molecule has 0 nitrogen and oxygen atoms in total. The van der Waals surface area contributed by atoms with E-state index in [0.717, 1.165) is 5.33 Å². The molecular weight excluding hydrogens is 412 g/mol. The molecule has 0 aliphatic heterocycles. The maximum atomic E-state index is 3.57. The van der Waals surface area contributed by atoms with Gasteiger partial charge in [-0.25, -0.2) is 0 Å². The van der Waals surface area contributed by atoms with Crippen LogP contribution in [-0.2, 0) is 5.33 Å². The summed E-state index contributed by atoms with van der Waals surface area (Å²) in [5.41, 5.74) is 1.29. The summed E-state index contributed by atoms with van der Waals surface area (Å²) in [6.07, 6.45) is 0. The minimum atomic E-state index is -1.55. The highest BCUT2D eigenvalue weighted by atomic mass is 79.9. The predicted molar refractivity (Wildman–Crippen MR) is 119 cm³/mol. The highest BCUT2D eigenvalue weighted by molar-refractivity contribution is 9.08. The quantitative estimate of drug-likeness (QED) is 0.281. The fourth-order valence-electron chi connectivity index (χ4n) is 3.47. The zero-order valence-corrected chi connectivity index (χ0v) is 17.4. The van der Waals surface area contributed by atoms with E-state index in [2.05, 4.69) is 131 Å². The Morgan fingerprint density at radius 1 is 0.444 bits per heavy atom. The maximum Gasteiger partial charge on any atom is 0.0283 e. The van der Waals surface area contributed by atoms with E-state index in [1.807, 2.05) is 0 Å². The molecule has 4 rings (SSSR count). The van der Waals surface area contributed by atoms with Gasteiger partial charge in [0.1, 0.15) is 0 Å². The summed E-state index contributed by atoms with van der Waals surface area (Å²) in [5.74, 6) is 0. The van der Waals surface area contributed by atoms with Gasteiger partial charge in [0.25, 0.3) is 0 Å². The average Bonchev–Trinajstić information content (AvgIpc) is 2.77. The fourth-order valence-corrected chi connectivity index (χ4v) is 7.72. The van der Waals surface area contributed by atoms with Crippen LogP contribution < -0.4 is 0 Å². The Balaban J connectivity index is 2.09. The van der Waals surface area contributed by atoms with Crippen LogP contribution in [0.5, 0.6) is 0 Å². The van der Waals surface area contributed by atoms with E-state index in [1.165, 1.54) is 25.1 Å². The molecule has 4 aromatic rings. The van der Waals surface area contributed by atoms with Crippen LogP contribution in [0.25, 0.3) is 0 Å². The van der Waals surface area contributed by atoms with Crippen molar-refractivity contribution < 1.29 is 0 Å². The Bertz CT molecular complexity index is 884. The van der Waals surface area contributed by atoms with Crippen molar-refractivity contribution in [2.24, 2.45) is 0 Å². The van der Waals surface area contributed by atoms with Crippen LogP contribution in [0.1, 0.15) is 5.56 Å². The van der Waals surface area contributed by atoms with Crippen LogP contribution in [0.3, 0.4) is 0 Å².